The van der Waals surface area contributed by atoms with Crippen molar-refractivity contribution in [3.05, 3.63) is 116 Å². The summed E-state index contributed by atoms with van der Waals surface area (Å²) in [7, 11) is 0. The third kappa shape index (κ3) is 5.66. The number of benzene rings is 4. The minimum Gasteiger partial charge on any atom is -0.443 e. The summed E-state index contributed by atoms with van der Waals surface area (Å²) in [4.78, 5) is 22.3. The fourth-order valence-electron chi connectivity index (χ4n) is 3.85. The number of halogens is 6. The Morgan fingerprint density at radius 1 is 0.538 bits per heavy atom. The summed E-state index contributed by atoms with van der Waals surface area (Å²) in [5.74, 6) is -0.880. The van der Waals surface area contributed by atoms with Crippen LogP contribution in [-0.4, -0.2) is 9.85 Å². The zero-order valence-electron chi connectivity index (χ0n) is 19.3. The fourth-order valence-corrected chi connectivity index (χ4v) is 3.85. The molecule has 0 saturated carbocycles. The van der Waals surface area contributed by atoms with Gasteiger partial charge in [-0.05, 0) is 59.7 Å². The molecule has 0 heterocycles. The molecule has 0 N–H and O–H groups in total. The number of nitro benzene ring substituents is 2. The van der Waals surface area contributed by atoms with Crippen molar-refractivity contribution in [2.24, 2.45) is 0 Å². The van der Waals surface area contributed by atoms with Gasteiger partial charge >= 0.3 is 23.7 Å². The Hall–Kier alpha value is -4.94. The van der Waals surface area contributed by atoms with Gasteiger partial charge in [0.25, 0.3) is 0 Å². The molecule has 0 spiro atoms. The molecule has 0 saturated heterocycles. The molecule has 0 unspecified atom stereocenters. The Labute approximate surface area is 215 Å². The molecule has 200 valence electrons. The lowest BCUT2D eigenvalue weighted by Crippen LogP contribution is -2.04. The van der Waals surface area contributed by atoms with E-state index >= 15 is 0 Å². The minimum absolute atomic E-state index is 0.0631. The summed E-state index contributed by atoms with van der Waals surface area (Å²) in [6, 6.07) is 14.7. The monoisotopic (exact) mass is 548 g/mol. The van der Waals surface area contributed by atoms with Crippen LogP contribution >= 0.6 is 0 Å². The van der Waals surface area contributed by atoms with Crippen LogP contribution in [0.2, 0.25) is 0 Å². The van der Waals surface area contributed by atoms with Gasteiger partial charge in [0.2, 0.25) is 11.5 Å². The number of hydrogen-bond donors (Lipinski definition) is 0. The quantitative estimate of drug-likeness (QED) is 0.136. The van der Waals surface area contributed by atoms with E-state index in [1.54, 1.807) is 0 Å². The summed E-state index contributed by atoms with van der Waals surface area (Å²) in [6.45, 7) is 0. The largest absolute Gasteiger partial charge is 0.443 e. The number of rotatable bonds is 6. The molecule has 0 radical (unpaired) electrons. The van der Waals surface area contributed by atoms with Crippen molar-refractivity contribution in [3.8, 4) is 33.8 Å². The molecular weight excluding hydrogens is 534 g/mol. The summed E-state index contributed by atoms with van der Waals surface area (Å²) >= 11 is 0. The summed E-state index contributed by atoms with van der Waals surface area (Å²) < 4.78 is 83.2. The van der Waals surface area contributed by atoms with Crippen LogP contribution < -0.4 is 4.74 Å². The highest BCUT2D eigenvalue weighted by Crippen LogP contribution is 2.45. The van der Waals surface area contributed by atoms with Crippen LogP contribution in [0.3, 0.4) is 0 Å². The first-order valence-corrected chi connectivity index (χ1v) is 10.9. The van der Waals surface area contributed by atoms with Crippen molar-refractivity contribution in [3.63, 3.8) is 0 Å². The molecule has 13 heteroatoms. The van der Waals surface area contributed by atoms with Crippen molar-refractivity contribution in [1.82, 2.24) is 0 Å². The van der Waals surface area contributed by atoms with E-state index in [-0.39, 0.29) is 22.3 Å². The predicted molar refractivity (Wildman–Crippen MR) is 127 cm³/mol. The van der Waals surface area contributed by atoms with E-state index in [1.165, 1.54) is 24.3 Å². The predicted octanol–water partition coefficient (Wildman–Crippen LogP) is 8.67. The van der Waals surface area contributed by atoms with E-state index < -0.39 is 56.2 Å². The molecule has 7 nitrogen and oxygen atoms in total. The highest BCUT2D eigenvalue weighted by Gasteiger charge is 2.32. The normalized spacial score (nSPS) is 11.7. The van der Waals surface area contributed by atoms with Crippen LogP contribution in [-0.2, 0) is 12.4 Å². The van der Waals surface area contributed by atoms with Crippen molar-refractivity contribution < 1.29 is 40.9 Å². The molecule has 0 amide bonds. The van der Waals surface area contributed by atoms with Crippen molar-refractivity contribution >= 4 is 11.4 Å². The average Bonchev–Trinajstić information content (AvgIpc) is 2.87. The van der Waals surface area contributed by atoms with Gasteiger partial charge in [0.1, 0.15) is 0 Å². The molecule has 4 aromatic rings. The van der Waals surface area contributed by atoms with E-state index in [2.05, 4.69) is 0 Å². The Morgan fingerprint density at radius 2 is 0.872 bits per heavy atom. The zero-order chi connectivity index (χ0) is 28.5. The molecule has 0 aliphatic carbocycles. The molecule has 0 fully saturated rings. The van der Waals surface area contributed by atoms with E-state index in [9.17, 15) is 46.6 Å². The number of nitrogens with zero attached hydrogens (tertiary/aromatic N) is 2. The van der Waals surface area contributed by atoms with Crippen molar-refractivity contribution in [1.29, 1.82) is 0 Å². The third-order valence-corrected chi connectivity index (χ3v) is 5.63. The van der Waals surface area contributed by atoms with Crippen molar-refractivity contribution in [2.45, 2.75) is 12.4 Å². The second-order valence-corrected chi connectivity index (χ2v) is 8.07. The summed E-state index contributed by atoms with van der Waals surface area (Å²) in [5, 5.41) is 23.9. The smallest absolute Gasteiger partial charge is 0.416 e. The SMILES string of the molecule is O=[N+]([O-])c1c(Oc2cccc(-c3ccc(C(F)(F)F)cc3)c2[N+](=O)[O-])cccc1-c1ccc(C(F)(F)F)cc1. The van der Waals surface area contributed by atoms with Gasteiger partial charge in [0.15, 0.2) is 0 Å². The maximum absolute atomic E-state index is 12.9. The Morgan fingerprint density at radius 3 is 1.15 bits per heavy atom. The van der Waals surface area contributed by atoms with Gasteiger partial charge in [-0.2, -0.15) is 26.3 Å². The molecule has 0 aromatic heterocycles. The molecule has 4 aromatic carbocycles. The standard InChI is InChI=1S/C26H14F6N2O5/c27-25(28,29)17-11-7-15(8-12-17)19-3-1-5-21(23(19)33(35)36)39-22-6-2-4-20(24(22)34(37)38)16-9-13-18(14-10-16)26(30,31)32/h1-14H. The third-order valence-electron chi connectivity index (χ3n) is 5.63. The Kier molecular flexibility index (Phi) is 7.01. The summed E-state index contributed by atoms with van der Waals surface area (Å²) in [5.41, 5.74) is -3.33. The van der Waals surface area contributed by atoms with Crippen LogP contribution in [0.1, 0.15) is 11.1 Å². The molecule has 0 bridgehead atoms. The molecule has 39 heavy (non-hydrogen) atoms. The topological polar surface area (TPSA) is 95.5 Å². The van der Waals surface area contributed by atoms with Crippen molar-refractivity contribution in [2.75, 3.05) is 0 Å². The first-order chi connectivity index (χ1) is 18.3. The maximum atomic E-state index is 12.9. The van der Waals surface area contributed by atoms with Gasteiger partial charge in [0, 0.05) is 0 Å². The lowest BCUT2D eigenvalue weighted by molar-refractivity contribution is -0.386. The second-order valence-electron chi connectivity index (χ2n) is 8.07. The highest BCUT2D eigenvalue weighted by molar-refractivity contribution is 5.80. The molecular formula is C26H14F6N2O5. The lowest BCUT2D eigenvalue weighted by atomic mass is 10.0. The van der Waals surface area contributed by atoms with E-state index in [4.69, 9.17) is 4.74 Å². The van der Waals surface area contributed by atoms with E-state index in [1.807, 2.05) is 0 Å². The maximum Gasteiger partial charge on any atom is 0.416 e. The molecule has 0 atom stereocenters. The van der Waals surface area contributed by atoms with Gasteiger partial charge in [-0.1, -0.05) is 36.4 Å². The Balaban J connectivity index is 1.79. The van der Waals surface area contributed by atoms with Gasteiger partial charge in [0.05, 0.1) is 32.1 Å². The van der Waals surface area contributed by atoms with Crippen LogP contribution in [0.15, 0.2) is 84.9 Å². The fraction of sp³-hybridized carbons (Fsp3) is 0.0769. The zero-order valence-corrected chi connectivity index (χ0v) is 19.3. The first-order valence-electron chi connectivity index (χ1n) is 10.9. The van der Waals surface area contributed by atoms with E-state index in [0.29, 0.717) is 0 Å². The van der Waals surface area contributed by atoms with Gasteiger partial charge in [-0.15, -0.1) is 0 Å². The number of hydrogen-bond acceptors (Lipinski definition) is 5. The van der Waals surface area contributed by atoms with Gasteiger partial charge < -0.3 is 4.74 Å². The van der Waals surface area contributed by atoms with Crippen LogP contribution in [0.4, 0.5) is 37.7 Å². The van der Waals surface area contributed by atoms with Gasteiger partial charge in [-0.3, -0.25) is 20.2 Å². The second kappa shape index (κ2) is 10.1. The number of nitro groups is 2. The average molecular weight is 548 g/mol. The molecule has 0 aliphatic rings. The van der Waals surface area contributed by atoms with Crippen LogP contribution in [0.25, 0.3) is 22.3 Å². The first kappa shape index (κ1) is 27.1. The lowest BCUT2D eigenvalue weighted by Gasteiger charge is -2.13. The molecule has 4 rings (SSSR count). The number of alkyl halides is 6. The highest BCUT2D eigenvalue weighted by atomic mass is 19.4. The Bertz CT molecular complexity index is 1430. The van der Waals surface area contributed by atoms with E-state index in [0.717, 1.165) is 60.7 Å². The summed E-state index contributed by atoms with van der Waals surface area (Å²) in [6.07, 6.45) is -9.24. The minimum atomic E-state index is -4.62. The molecule has 0 aliphatic heterocycles. The van der Waals surface area contributed by atoms with Crippen LogP contribution in [0.5, 0.6) is 11.5 Å². The number of ether oxygens (including phenoxy) is 1. The van der Waals surface area contributed by atoms with Gasteiger partial charge in [-0.25, -0.2) is 0 Å². The number of para-hydroxylation sites is 2. The van der Waals surface area contributed by atoms with Crippen LogP contribution in [0, 0.1) is 20.2 Å².